The van der Waals surface area contributed by atoms with Gasteiger partial charge in [-0.2, -0.15) is 13.2 Å². The summed E-state index contributed by atoms with van der Waals surface area (Å²) in [6.07, 6.45) is -2.38. The monoisotopic (exact) mass is 245 g/mol. The maximum atomic E-state index is 12.4. The molecule has 1 nitrogen and oxygen atoms in total. The lowest BCUT2D eigenvalue weighted by molar-refractivity contribution is -0.137. The minimum Gasteiger partial charge on any atom is -0.310 e. The van der Waals surface area contributed by atoms with Gasteiger partial charge in [-0.3, -0.25) is 0 Å². The molecule has 0 saturated heterocycles. The Labute approximate surface area is 100 Å². The SMILES string of the molecule is CCCN[C@H](CC)c1ccc(C(F)(F)F)cc1. The largest absolute Gasteiger partial charge is 0.416 e. The van der Waals surface area contributed by atoms with Crippen molar-refractivity contribution in [2.75, 3.05) is 6.54 Å². The molecule has 1 atom stereocenters. The molecule has 17 heavy (non-hydrogen) atoms. The Balaban J connectivity index is 2.78. The molecule has 4 heteroatoms. The zero-order valence-electron chi connectivity index (χ0n) is 10.1. The zero-order valence-corrected chi connectivity index (χ0v) is 10.1. The molecular formula is C13H18F3N. The van der Waals surface area contributed by atoms with Crippen LogP contribution < -0.4 is 5.32 Å². The van der Waals surface area contributed by atoms with E-state index in [4.69, 9.17) is 0 Å². The number of alkyl halides is 3. The minimum atomic E-state index is -4.25. The van der Waals surface area contributed by atoms with Crippen LogP contribution in [0.3, 0.4) is 0 Å². The summed E-state index contributed by atoms with van der Waals surface area (Å²) >= 11 is 0. The maximum Gasteiger partial charge on any atom is 0.416 e. The van der Waals surface area contributed by atoms with Gasteiger partial charge < -0.3 is 5.32 Å². The van der Waals surface area contributed by atoms with Gasteiger partial charge in [-0.05, 0) is 37.1 Å². The molecule has 1 aromatic carbocycles. The van der Waals surface area contributed by atoms with E-state index in [1.807, 2.05) is 6.92 Å². The Morgan fingerprint density at radius 2 is 1.71 bits per heavy atom. The zero-order chi connectivity index (χ0) is 12.9. The van der Waals surface area contributed by atoms with Crippen LogP contribution in [0.15, 0.2) is 24.3 Å². The van der Waals surface area contributed by atoms with Crippen molar-refractivity contribution in [1.82, 2.24) is 5.32 Å². The van der Waals surface area contributed by atoms with E-state index in [1.165, 1.54) is 0 Å². The molecule has 0 spiro atoms. The molecule has 0 amide bonds. The molecule has 0 aliphatic heterocycles. The van der Waals surface area contributed by atoms with Crippen molar-refractivity contribution in [3.8, 4) is 0 Å². The van der Waals surface area contributed by atoms with E-state index >= 15 is 0 Å². The van der Waals surface area contributed by atoms with Gasteiger partial charge in [0.1, 0.15) is 0 Å². The Hall–Kier alpha value is -1.03. The van der Waals surface area contributed by atoms with Crippen LogP contribution in [-0.4, -0.2) is 6.54 Å². The quantitative estimate of drug-likeness (QED) is 0.821. The Bertz CT molecular complexity index is 330. The predicted molar refractivity (Wildman–Crippen MR) is 62.8 cm³/mol. The highest BCUT2D eigenvalue weighted by atomic mass is 19.4. The van der Waals surface area contributed by atoms with Crippen molar-refractivity contribution in [3.05, 3.63) is 35.4 Å². The molecule has 96 valence electrons. The van der Waals surface area contributed by atoms with Crippen LogP contribution >= 0.6 is 0 Å². The van der Waals surface area contributed by atoms with Gasteiger partial charge in [-0.1, -0.05) is 26.0 Å². The standard InChI is InChI=1S/C13H18F3N/c1-3-9-17-12(4-2)10-5-7-11(8-6-10)13(14,15)16/h5-8,12,17H,3-4,9H2,1-2H3/t12-/m1/s1. The van der Waals surface area contributed by atoms with Crippen molar-refractivity contribution in [3.63, 3.8) is 0 Å². The van der Waals surface area contributed by atoms with Gasteiger partial charge in [-0.25, -0.2) is 0 Å². The predicted octanol–water partition coefficient (Wildman–Crippen LogP) is 4.16. The number of benzene rings is 1. The van der Waals surface area contributed by atoms with Crippen LogP contribution in [-0.2, 0) is 6.18 Å². The molecule has 0 aliphatic carbocycles. The van der Waals surface area contributed by atoms with Gasteiger partial charge in [0, 0.05) is 6.04 Å². The highest BCUT2D eigenvalue weighted by molar-refractivity contribution is 5.26. The lowest BCUT2D eigenvalue weighted by Gasteiger charge is -2.17. The smallest absolute Gasteiger partial charge is 0.310 e. The number of rotatable bonds is 5. The Kier molecular flexibility index (Phi) is 5.00. The molecule has 0 fully saturated rings. The third kappa shape index (κ3) is 4.04. The molecule has 0 heterocycles. The topological polar surface area (TPSA) is 12.0 Å². The summed E-state index contributed by atoms with van der Waals surface area (Å²) in [6, 6.07) is 5.54. The second-order valence-corrected chi connectivity index (χ2v) is 4.03. The molecular weight excluding hydrogens is 227 g/mol. The summed E-state index contributed by atoms with van der Waals surface area (Å²) in [5.41, 5.74) is 0.320. The Morgan fingerprint density at radius 1 is 1.12 bits per heavy atom. The van der Waals surface area contributed by atoms with Crippen LogP contribution in [0.2, 0.25) is 0 Å². The number of halogens is 3. The molecule has 1 aromatic rings. The highest BCUT2D eigenvalue weighted by Gasteiger charge is 2.30. The normalized spacial score (nSPS) is 13.7. The van der Waals surface area contributed by atoms with Crippen molar-refractivity contribution in [2.45, 2.75) is 38.9 Å². The van der Waals surface area contributed by atoms with E-state index in [0.717, 1.165) is 37.1 Å². The lowest BCUT2D eigenvalue weighted by Crippen LogP contribution is -2.21. The fourth-order valence-corrected chi connectivity index (χ4v) is 1.72. The first-order valence-electron chi connectivity index (χ1n) is 5.89. The molecule has 0 aliphatic rings. The third-order valence-electron chi connectivity index (χ3n) is 2.69. The van der Waals surface area contributed by atoms with E-state index < -0.39 is 11.7 Å². The summed E-state index contributed by atoms with van der Waals surface area (Å²) in [7, 11) is 0. The van der Waals surface area contributed by atoms with E-state index in [0.29, 0.717) is 0 Å². The first kappa shape index (κ1) is 14.0. The van der Waals surface area contributed by atoms with Crippen LogP contribution in [0.25, 0.3) is 0 Å². The summed E-state index contributed by atoms with van der Waals surface area (Å²) in [4.78, 5) is 0. The van der Waals surface area contributed by atoms with Crippen molar-refractivity contribution in [2.24, 2.45) is 0 Å². The van der Waals surface area contributed by atoms with E-state index in [2.05, 4.69) is 12.2 Å². The van der Waals surface area contributed by atoms with Crippen LogP contribution in [0.5, 0.6) is 0 Å². The number of hydrogen-bond donors (Lipinski definition) is 1. The lowest BCUT2D eigenvalue weighted by atomic mass is 10.0. The minimum absolute atomic E-state index is 0.136. The first-order chi connectivity index (χ1) is 7.99. The van der Waals surface area contributed by atoms with Gasteiger partial charge in [0.15, 0.2) is 0 Å². The fraction of sp³-hybridized carbons (Fsp3) is 0.538. The molecule has 1 rings (SSSR count). The van der Waals surface area contributed by atoms with Gasteiger partial charge in [0.2, 0.25) is 0 Å². The average molecular weight is 245 g/mol. The summed E-state index contributed by atoms with van der Waals surface area (Å²) in [5.74, 6) is 0. The van der Waals surface area contributed by atoms with Gasteiger partial charge in [-0.15, -0.1) is 0 Å². The molecule has 0 bridgehead atoms. The molecule has 1 N–H and O–H groups in total. The molecule has 0 unspecified atom stereocenters. The average Bonchev–Trinajstić information content (AvgIpc) is 2.29. The number of nitrogens with one attached hydrogen (secondary N) is 1. The van der Waals surface area contributed by atoms with Crippen molar-refractivity contribution < 1.29 is 13.2 Å². The van der Waals surface area contributed by atoms with E-state index in [-0.39, 0.29) is 6.04 Å². The van der Waals surface area contributed by atoms with Crippen LogP contribution in [0.4, 0.5) is 13.2 Å². The molecule has 0 aromatic heterocycles. The van der Waals surface area contributed by atoms with E-state index in [1.54, 1.807) is 12.1 Å². The van der Waals surface area contributed by atoms with Crippen molar-refractivity contribution in [1.29, 1.82) is 0 Å². The summed E-state index contributed by atoms with van der Waals surface area (Å²) < 4.78 is 37.2. The molecule has 0 saturated carbocycles. The van der Waals surface area contributed by atoms with E-state index in [9.17, 15) is 13.2 Å². The van der Waals surface area contributed by atoms with Crippen LogP contribution in [0.1, 0.15) is 43.9 Å². The van der Waals surface area contributed by atoms with Gasteiger partial charge in [0.25, 0.3) is 0 Å². The number of hydrogen-bond acceptors (Lipinski definition) is 1. The fourth-order valence-electron chi connectivity index (χ4n) is 1.72. The summed E-state index contributed by atoms with van der Waals surface area (Å²) in [6.45, 7) is 4.96. The molecule has 0 radical (unpaired) electrons. The second kappa shape index (κ2) is 6.05. The van der Waals surface area contributed by atoms with Gasteiger partial charge in [0.05, 0.1) is 5.56 Å². The van der Waals surface area contributed by atoms with Gasteiger partial charge >= 0.3 is 6.18 Å². The first-order valence-corrected chi connectivity index (χ1v) is 5.89. The second-order valence-electron chi connectivity index (χ2n) is 4.03. The third-order valence-corrected chi connectivity index (χ3v) is 2.69. The van der Waals surface area contributed by atoms with Crippen LogP contribution in [0, 0.1) is 0 Å². The highest BCUT2D eigenvalue weighted by Crippen LogP contribution is 2.30. The maximum absolute atomic E-state index is 12.4. The summed E-state index contributed by atoms with van der Waals surface area (Å²) in [5, 5.41) is 3.31. The van der Waals surface area contributed by atoms with Crippen molar-refractivity contribution >= 4 is 0 Å². The Morgan fingerprint density at radius 3 is 2.12 bits per heavy atom.